The zero-order valence-electron chi connectivity index (χ0n) is 17.4. The zero-order chi connectivity index (χ0) is 25.3. The number of allylic oxidation sites excluding steroid dienone is 2. The summed E-state index contributed by atoms with van der Waals surface area (Å²) in [5.41, 5.74) is 1.55. The SMILES string of the molecule is CC1=CC(=O)c2ccccc2C1=O.O1[As]2O[As]3O[As]1O[As](O2)O3.O=C1O[C@H]([C@@H](O)CO)C(O)=C1O. The van der Waals surface area contributed by atoms with Crippen LogP contribution < -0.4 is 0 Å². The number of carbonyl (C=O) groups excluding carboxylic acids is 3. The van der Waals surface area contributed by atoms with Gasteiger partial charge in [0.1, 0.15) is 6.10 Å². The maximum atomic E-state index is 11.5. The van der Waals surface area contributed by atoms with Gasteiger partial charge in [0, 0.05) is 16.7 Å². The summed E-state index contributed by atoms with van der Waals surface area (Å²) in [6, 6.07) is 6.89. The van der Waals surface area contributed by atoms with Crippen molar-refractivity contribution in [2.75, 3.05) is 6.61 Å². The molecule has 18 heteroatoms. The molecule has 4 N–H and O–H groups in total. The molecular weight excluding hydrogens is 728 g/mol. The summed E-state index contributed by atoms with van der Waals surface area (Å²) in [6.07, 6.45) is -1.38. The van der Waals surface area contributed by atoms with E-state index in [1.807, 2.05) is 0 Å². The molecule has 188 valence electrons. The maximum absolute atomic E-state index is 11.5. The van der Waals surface area contributed by atoms with Crippen LogP contribution in [0.5, 0.6) is 0 Å². The number of aliphatic hydroxyl groups is 4. The summed E-state index contributed by atoms with van der Waals surface area (Å²) in [4.78, 5) is 33.5. The molecule has 0 saturated carbocycles. The molecule has 5 aliphatic heterocycles. The summed E-state index contributed by atoms with van der Waals surface area (Å²) in [5, 5.41) is 35.0. The number of hydrogen-bond donors (Lipinski definition) is 4. The molecule has 1 aromatic carbocycles. The van der Waals surface area contributed by atoms with E-state index in [4.69, 9.17) is 36.7 Å². The van der Waals surface area contributed by atoms with E-state index in [0.29, 0.717) is 16.7 Å². The van der Waals surface area contributed by atoms with Gasteiger partial charge < -0.3 is 25.2 Å². The van der Waals surface area contributed by atoms with Crippen LogP contribution in [0.2, 0.25) is 0 Å². The third-order valence-corrected chi connectivity index (χ3v) is 25.2. The van der Waals surface area contributed by atoms with Crippen LogP contribution in [-0.4, -0.2) is 119 Å². The van der Waals surface area contributed by atoms with Crippen molar-refractivity contribution in [1.29, 1.82) is 0 Å². The molecule has 4 bridgehead atoms. The number of rotatable bonds is 2. The third-order valence-electron chi connectivity index (χ3n) is 4.42. The number of ketones is 2. The van der Waals surface area contributed by atoms with Crippen molar-refractivity contribution in [3.63, 3.8) is 0 Å². The number of esters is 1. The first kappa shape index (κ1) is 27.1. The molecule has 6 aliphatic rings. The van der Waals surface area contributed by atoms with Crippen LogP contribution in [0.15, 0.2) is 47.4 Å². The van der Waals surface area contributed by atoms with Gasteiger partial charge in [0.2, 0.25) is 5.76 Å². The van der Waals surface area contributed by atoms with Gasteiger partial charge in [-0.2, -0.15) is 0 Å². The van der Waals surface area contributed by atoms with Crippen molar-refractivity contribution in [1.82, 2.24) is 0 Å². The smallest absolute Gasteiger partial charge is 0.377 e. The monoisotopic (exact) mass is 744 g/mol. The average Bonchev–Trinajstić information content (AvgIpc) is 3.09. The second kappa shape index (κ2) is 11.6. The standard InChI is InChI=1S/C11H8O2.C6H8O6.As4O6/c1-7-6-10(12)8-4-2-3-5-9(8)11(7)13;7-1-2(8)5-3(9)4(10)6(11)12-5;5-1-6-3-8-2(5)9-4(7-1)10-3/h2-6H,1H3;2,5,7-10H,1H2;/t;2-,5+;/m.0./s1. The van der Waals surface area contributed by atoms with E-state index in [1.54, 1.807) is 31.2 Å². The quantitative estimate of drug-likeness (QED) is 0.206. The van der Waals surface area contributed by atoms with Crippen molar-refractivity contribution >= 4 is 80.2 Å². The fraction of sp³-hybridized carbons (Fsp3) is 0.235. The number of carbonyl (C=O) groups is 3. The summed E-state index contributed by atoms with van der Waals surface area (Å²) < 4.78 is 35.6. The predicted molar refractivity (Wildman–Crippen MR) is 114 cm³/mol. The average molecular weight is 744 g/mol. The third kappa shape index (κ3) is 6.13. The molecule has 0 spiro atoms. The van der Waals surface area contributed by atoms with Crippen LogP contribution in [0.3, 0.4) is 0 Å². The van der Waals surface area contributed by atoms with E-state index in [9.17, 15) is 14.4 Å². The molecule has 0 unspecified atom stereocenters. The summed E-state index contributed by atoms with van der Waals surface area (Å²) >= 11 is -7.31. The number of cyclic esters (lactones) is 1. The van der Waals surface area contributed by atoms with Crippen molar-refractivity contribution in [3.8, 4) is 0 Å². The fourth-order valence-corrected chi connectivity index (χ4v) is 36.2. The molecule has 4 fully saturated rings. The molecular formula is C17H16As4O14. The largest absolute Gasteiger partial charge is 0.505 e. The van der Waals surface area contributed by atoms with Crippen molar-refractivity contribution in [3.05, 3.63) is 58.6 Å². The molecule has 7 rings (SSSR count). The molecule has 0 aromatic heterocycles. The Bertz CT molecular complexity index is 1030. The Morgan fingerprint density at radius 1 is 0.886 bits per heavy atom. The molecule has 0 amide bonds. The van der Waals surface area contributed by atoms with Gasteiger partial charge in [-0.1, -0.05) is 24.3 Å². The van der Waals surface area contributed by atoms with E-state index >= 15 is 0 Å². The topological polar surface area (TPSA) is 197 Å². The van der Waals surface area contributed by atoms with E-state index in [1.165, 1.54) is 6.08 Å². The van der Waals surface area contributed by atoms with Crippen LogP contribution in [0, 0.1) is 0 Å². The minimum Gasteiger partial charge on any atom is -0.505 e. The predicted octanol–water partition coefficient (Wildman–Crippen LogP) is -1.33. The van der Waals surface area contributed by atoms with Crippen LogP contribution in [0.4, 0.5) is 0 Å². The minimum atomic E-state index is -1.83. The van der Waals surface area contributed by atoms with Crippen LogP contribution >= 0.6 is 0 Å². The van der Waals surface area contributed by atoms with Crippen molar-refractivity contribution < 1.29 is 55.8 Å². The Labute approximate surface area is 219 Å². The minimum absolute atomic E-state index is 0.0461. The number of aliphatic hydroxyl groups excluding tert-OH is 4. The second-order valence-corrected chi connectivity index (χ2v) is 23.3. The molecule has 2 atom stereocenters. The number of hydrogen-bond acceptors (Lipinski definition) is 14. The molecule has 0 radical (unpaired) electrons. The first-order valence-corrected chi connectivity index (χ1v) is 18.6. The summed E-state index contributed by atoms with van der Waals surface area (Å²) in [5.74, 6) is -2.90. The normalized spacial score (nSPS) is 31.0. The molecule has 4 saturated heterocycles. The first-order chi connectivity index (χ1) is 16.7. The van der Waals surface area contributed by atoms with E-state index in [0.717, 1.165) is 0 Å². The Morgan fingerprint density at radius 3 is 1.80 bits per heavy atom. The second-order valence-electron chi connectivity index (χ2n) is 6.76. The van der Waals surface area contributed by atoms with Gasteiger partial charge in [0.05, 0.1) is 6.61 Å². The van der Waals surface area contributed by atoms with Crippen LogP contribution in [-0.2, 0) is 25.8 Å². The molecule has 5 heterocycles. The Morgan fingerprint density at radius 2 is 1.37 bits per heavy atom. The van der Waals surface area contributed by atoms with E-state index in [2.05, 4.69) is 4.74 Å². The van der Waals surface area contributed by atoms with Crippen LogP contribution in [0.1, 0.15) is 27.6 Å². The maximum Gasteiger partial charge on any atom is 0.377 e. The molecule has 14 nitrogen and oxygen atoms in total. The van der Waals surface area contributed by atoms with Gasteiger partial charge in [-0.05, 0) is 13.0 Å². The molecule has 35 heavy (non-hydrogen) atoms. The van der Waals surface area contributed by atoms with Gasteiger partial charge in [0.25, 0.3) is 0 Å². The zero-order valence-corrected chi connectivity index (χ0v) is 24.9. The van der Waals surface area contributed by atoms with E-state index < -0.39 is 99.0 Å². The Kier molecular flexibility index (Phi) is 8.97. The van der Waals surface area contributed by atoms with Crippen LogP contribution in [0.25, 0.3) is 0 Å². The van der Waals surface area contributed by atoms with E-state index in [-0.39, 0.29) is 11.6 Å². The number of ether oxygens (including phenoxy) is 1. The molecule has 1 aromatic rings. The first-order valence-electron chi connectivity index (χ1n) is 9.45. The van der Waals surface area contributed by atoms with Crippen molar-refractivity contribution in [2.24, 2.45) is 0 Å². The van der Waals surface area contributed by atoms with Gasteiger partial charge in [0.15, 0.2) is 23.4 Å². The van der Waals surface area contributed by atoms with Gasteiger partial charge in [-0.3, -0.25) is 9.59 Å². The molecule has 1 aliphatic carbocycles. The number of Topliss-reactive ketones (excluding diaryl/α,β-unsaturated/α-hetero) is 1. The van der Waals surface area contributed by atoms with Crippen molar-refractivity contribution in [2.45, 2.75) is 19.1 Å². The Hall–Kier alpha value is -0.976. The Balaban J connectivity index is 0.000000124. The fourth-order valence-electron chi connectivity index (χ4n) is 2.78. The van der Waals surface area contributed by atoms with Gasteiger partial charge >= 0.3 is 85.0 Å². The van der Waals surface area contributed by atoms with Gasteiger partial charge in [-0.25, -0.2) is 4.79 Å². The van der Waals surface area contributed by atoms with Gasteiger partial charge in [-0.15, -0.1) is 0 Å². The summed E-state index contributed by atoms with van der Waals surface area (Å²) in [6.45, 7) is 0.992. The number of benzene rings is 1. The summed E-state index contributed by atoms with van der Waals surface area (Å²) in [7, 11) is 0. The number of fused-ring (bicyclic) bond motifs is 1.